The summed E-state index contributed by atoms with van der Waals surface area (Å²) in [6.07, 6.45) is -4.78. The maximum absolute atomic E-state index is 13.2. The molecule has 0 saturated carbocycles. The monoisotopic (exact) mass is 363 g/mol. The van der Waals surface area contributed by atoms with Gasteiger partial charge >= 0.3 is 6.18 Å². The lowest BCUT2D eigenvalue weighted by atomic mass is 10.2. The zero-order valence-corrected chi connectivity index (χ0v) is 12.1. The normalized spacial score (nSPS) is 11.5. The first-order valence-corrected chi connectivity index (χ1v) is 6.63. The van der Waals surface area contributed by atoms with Gasteiger partial charge in [-0.3, -0.25) is 0 Å². The van der Waals surface area contributed by atoms with E-state index in [1.165, 1.54) is 0 Å². The summed E-state index contributed by atoms with van der Waals surface area (Å²) in [4.78, 5) is 0. The fourth-order valence-electron chi connectivity index (χ4n) is 1.70. The number of nitrogens with two attached hydrogens (primary N) is 1. The van der Waals surface area contributed by atoms with Crippen LogP contribution in [0.1, 0.15) is 11.1 Å². The summed E-state index contributed by atoms with van der Waals surface area (Å²) in [5, 5.41) is 0. The predicted molar refractivity (Wildman–Crippen MR) is 73.5 cm³/mol. The number of alkyl halides is 3. The number of hydrogen-bond acceptors (Lipinski definition) is 2. The summed E-state index contributed by atoms with van der Waals surface area (Å²) in [7, 11) is 0. The van der Waals surface area contributed by atoms with Crippen LogP contribution in [0.25, 0.3) is 0 Å². The van der Waals surface area contributed by atoms with Crippen molar-refractivity contribution < 1.29 is 22.3 Å². The zero-order valence-electron chi connectivity index (χ0n) is 10.5. The molecule has 0 aromatic heterocycles. The van der Waals surface area contributed by atoms with E-state index in [2.05, 4.69) is 15.9 Å². The SMILES string of the molecule is NCc1ccc(Br)cc1Oc1ccc(F)c(C(F)(F)F)c1. The van der Waals surface area contributed by atoms with Crippen LogP contribution in [-0.2, 0) is 12.7 Å². The minimum Gasteiger partial charge on any atom is -0.457 e. The molecule has 2 aromatic carbocycles. The van der Waals surface area contributed by atoms with Gasteiger partial charge in [0.15, 0.2) is 0 Å². The van der Waals surface area contributed by atoms with Crippen LogP contribution in [0.4, 0.5) is 17.6 Å². The van der Waals surface area contributed by atoms with Gasteiger partial charge in [-0.25, -0.2) is 4.39 Å². The van der Waals surface area contributed by atoms with Crippen LogP contribution < -0.4 is 10.5 Å². The van der Waals surface area contributed by atoms with Gasteiger partial charge in [-0.1, -0.05) is 22.0 Å². The van der Waals surface area contributed by atoms with Crippen LogP contribution in [0.5, 0.6) is 11.5 Å². The number of rotatable bonds is 3. The lowest BCUT2D eigenvalue weighted by Crippen LogP contribution is -2.08. The van der Waals surface area contributed by atoms with Crippen molar-refractivity contribution in [3.63, 3.8) is 0 Å². The summed E-state index contributed by atoms with van der Waals surface area (Å²) < 4.78 is 57.3. The highest BCUT2D eigenvalue weighted by Crippen LogP contribution is 2.35. The Bertz CT molecular complexity index is 658. The summed E-state index contributed by atoms with van der Waals surface area (Å²) in [5.41, 5.74) is 4.79. The average Bonchev–Trinajstić information content (AvgIpc) is 2.40. The molecule has 0 saturated heterocycles. The molecule has 21 heavy (non-hydrogen) atoms. The van der Waals surface area contributed by atoms with Gasteiger partial charge in [0.05, 0.1) is 5.56 Å². The Kier molecular flexibility index (Phi) is 4.53. The van der Waals surface area contributed by atoms with E-state index in [1.807, 2.05) is 0 Å². The van der Waals surface area contributed by atoms with E-state index in [9.17, 15) is 17.6 Å². The molecule has 0 amide bonds. The minimum atomic E-state index is -4.78. The maximum atomic E-state index is 13.2. The van der Waals surface area contributed by atoms with Crippen LogP contribution in [-0.4, -0.2) is 0 Å². The van der Waals surface area contributed by atoms with Crippen molar-refractivity contribution in [2.45, 2.75) is 12.7 Å². The van der Waals surface area contributed by atoms with Crippen LogP contribution in [0.15, 0.2) is 40.9 Å². The van der Waals surface area contributed by atoms with Crippen molar-refractivity contribution in [2.24, 2.45) is 5.73 Å². The van der Waals surface area contributed by atoms with Crippen molar-refractivity contribution >= 4 is 15.9 Å². The largest absolute Gasteiger partial charge is 0.457 e. The number of halogens is 5. The van der Waals surface area contributed by atoms with Gasteiger partial charge in [0.1, 0.15) is 17.3 Å². The molecule has 2 aromatic rings. The number of ether oxygens (including phenoxy) is 1. The number of hydrogen-bond donors (Lipinski definition) is 1. The predicted octanol–water partition coefficient (Wildman–Crippen LogP) is 4.86. The van der Waals surface area contributed by atoms with E-state index in [4.69, 9.17) is 10.5 Å². The lowest BCUT2D eigenvalue weighted by Gasteiger charge is -2.13. The number of benzene rings is 2. The van der Waals surface area contributed by atoms with E-state index in [0.29, 0.717) is 21.9 Å². The van der Waals surface area contributed by atoms with Crippen molar-refractivity contribution in [3.8, 4) is 11.5 Å². The Balaban J connectivity index is 2.39. The smallest absolute Gasteiger partial charge is 0.419 e. The standard InChI is InChI=1S/C14H10BrF4NO/c15-9-2-1-8(7-20)13(5-9)21-10-3-4-12(16)11(6-10)14(17,18)19/h1-6H,7,20H2. The maximum Gasteiger partial charge on any atom is 0.419 e. The molecule has 0 aliphatic carbocycles. The molecule has 0 aliphatic rings. The highest BCUT2D eigenvalue weighted by atomic mass is 79.9. The molecule has 0 spiro atoms. The first-order valence-electron chi connectivity index (χ1n) is 5.84. The molecular formula is C14H10BrF4NO. The third-order valence-electron chi connectivity index (χ3n) is 2.72. The molecule has 0 atom stereocenters. The second-order valence-corrected chi connectivity index (χ2v) is 5.11. The lowest BCUT2D eigenvalue weighted by molar-refractivity contribution is -0.140. The molecule has 0 bridgehead atoms. The molecule has 0 fully saturated rings. The summed E-state index contributed by atoms with van der Waals surface area (Å²) >= 11 is 3.24. The quantitative estimate of drug-likeness (QED) is 0.790. The van der Waals surface area contributed by atoms with E-state index in [-0.39, 0.29) is 12.3 Å². The average molecular weight is 364 g/mol. The molecule has 112 valence electrons. The van der Waals surface area contributed by atoms with Crippen LogP contribution >= 0.6 is 15.9 Å². The molecule has 0 aliphatic heterocycles. The summed E-state index contributed by atoms with van der Waals surface area (Å²) in [6, 6.07) is 7.48. The molecule has 2 nitrogen and oxygen atoms in total. The van der Waals surface area contributed by atoms with Gasteiger partial charge in [0.2, 0.25) is 0 Å². The highest BCUT2D eigenvalue weighted by molar-refractivity contribution is 9.10. The summed E-state index contributed by atoms with van der Waals surface area (Å²) in [6.45, 7) is 0.163. The Labute approximate surface area is 126 Å². The van der Waals surface area contributed by atoms with Crippen LogP contribution in [0, 0.1) is 5.82 Å². The van der Waals surface area contributed by atoms with Gasteiger partial charge in [0, 0.05) is 16.6 Å². The molecule has 2 N–H and O–H groups in total. The van der Waals surface area contributed by atoms with Gasteiger partial charge in [-0.05, 0) is 30.3 Å². The Morgan fingerprint density at radius 3 is 2.43 bits per heavy atom. The third-order valence-corrected chi connectivity index (χ3v) is 3.21. The van der Waals surface area contributed by atoms with E-state index in [1.54, 1.807) is 18.2 Å². The first kappa shape index (κ1) is 15.8. The first-order chi connectivity index (χ1) is 9.81. The Hall–Kier alpha value is -1.60. The Morgan fingerprint density at radius 1 is 1.10 bits per heavy atom. The molecule has 7 heteroatoms. The van der Waals surface area contributed by atoms with E-state index in [0.717, 1.165) is 12.1 Å². The Morgan fingerprint density at radius 2 is 1.81 bits per heavy atom. The van der Waals surface area contributed by atoms with Crippen LogP contribution in [0.2, 0.25) is 0 Å². The molecular weight excluding hydrogens is 354 g/mol. The highest BCUT2D eigenvalue weighted by Gasteiger charge is 2.34. The van der Waals surface area contributed by atoms with E-state index < -0.39 is 17.6 Å². The second-order valence-electron chi connectivity index (χ2n) is 4.20. The summed E-state index contributed by atoms with van der Waals surface area (Å²) in [5.74, 6) is -1.15. The molecule has 0 radical (unpaired) electrons. The van der Waals surface area contributed by atoms with Gasteiger partial charge < -0.3 is 10.5 Å². The minimum absolute atomic E-state index is 0.114. The van der Waals surface area contributed by atoms with Crippen molar-refractivity contribution in [3.05, 3.63) is 57.8 Å². The zero-order chi connectivity index (χ0) is 15.6. The van der Waals surface area contributed by atoms with Crippen molar-refractivity contribution in [1.29, 1.82) is 0 Å². The molecule has 0 heterocycles. The van der Waals surface area contributed by atoms with Crippen molar-refractivity contribution in [2.75, 3.05) is 0 Å². The topological polar surface area (TPSA) is 35.2 Å². The van der Waals surface area contributed by atoms with Gasteiger partial charge in [-0.2, -0.15) is 13.2 Å². The fourth-order valence-corrected chi connectivity index (χ4v) is 2.04. The second kappa shape index (κ2) is 6.03. The van der Waals surface area contributed by atoms with Crippen LogP contribution in [0.3, 0.4) is 0 Å². The van der Waals surface area contributed by atoms with Gasteiger partial charge in [-0.15, -0.1) is 0 Å². The van der Waals surface area contributed by atoms with E-state index >= 15 is 0 Å². The van der Waals surface area contributed by atoms with Crippen molar-refractivity contribution in [1.82, 2.24) is 0 Å². The molecule has 2 rings (SSSR count). The third kappa shape index (κ3) is 3.74. The fraction of sp³-hybridized carbons (Fsp3) is 0.143. The van der Waals surface area contributed by atoms with Gasteiger partial charge in [0.25, 0.3) is 0 Å². The molecule has 0 unspecified atom stereocenters.